The molecular formula is C30H25. The van der Waals surface area contributed by atoms with E-state index in [9.17, 15) is 0 Å². The van der Waals surface area contributed by atoms with Crippen molar-refractivity contribution in [2.75, 3.05) is 0 Å². The molecule has 0 aliphatic heterocycles. The molecule has 4 aromatic rings. The SMILES string of the molecule is CCCC1=Cc2c(cccc2-c2cc(-c3ccccc3)cc(-c3ccccc3)c2)[CH]1. The van der Waals surface area contributed by atoms with E-state index in [1.165, 1.54) is 56.5 Å². The first-order chi connectivity index (χ1) is 14.8. The van der Waals surface area contributed by atoms with Crippen molar-refractivity contribution in [1.29, 1.82) is 0 Å². The molecule has 0 atom stereocenters. The predicted molar refractivity (Wildman–Crippen MR) is 129 cm³/mol. The van der Waals surface area contributed by atoms with Gasteiger partial charge in [-0.3, -0.25) is 0 Å². The van der Waals surface area contributed by atoms with Gasteiger partial charge < -0.3 is 0 Å². The van der Waals surface area contributed by atoms with Gasteiger partial charge in [-0.2, -0.15) is 0 Å². The molecular weight excluding hydrogens is 360 g/mol. The summed E-state index contributed by atoms with van der Waals surface area (Å²) in [6.07, 6.45) is 7.04. The highest BCUT2D eigenvalue weighted by molar-refractivity contribution is 5.87. The zero-order valence-corrected chi connectivity index (χ0v) is 17.3. The number of allylic oxidation sites excluding steroid dienone is 1. The van der Waals surface area contributed by atoms with Crippen molar-refractivity contribution in [1.82, 2.24) is 0 Å². The van der Waals surface area contributed by atoms with Crippen LogP contribution in [0.1, 0.15) is 30.9 Å². The van der Waals surface area contributed by atoms with Gasteiger partial charge in [0.05, 0.1) is 0 Å². The molecule has 4 aromatic carbocycles. The van der Waals surface area contributed by atoms with Crippen LogP contribution in [0.25, 0.3) is 39.5 Å². The maximum absolute atomic E-state index is 2.38. The molecule has 5 rings (SSSR count). The van der Waals surface area contributed by atoms with Crippen LogP contribution in [0.4, 0.5) is 0 Å². The van der Waals surface area contributed by atoms with E-state index in [0.717, 1.165) is 6.42 Å². The fourth-order valence-corrected chi connectivity index (χ4v) is 4.36. The minimum absolute atomic E-state index is 1.13. The quantitative estimate of drug-likeness (QED) is 0.323. The molecule has 1 aliphatic rings. The van der Waals surface area contributed by atoms with E-state index in [2.05, 4.69) is 116 Å². The molecule has 0 amide bonds. The fourth-order valence-electron chi connectivity index (χ4n) is 4.36. The third kappa shape index (κ3) is 3.62. The van der Waals surface area contributed by atoms with Crippen molar-refractivity contribution in [3.8, 4) is 33.4 Å². The number of fused-ring (bicyclic) bond motifs is 1. The van der Waals surface area contributed by atoms with E-state index in [4.69, 9.17) is 0 Å². The first-order valence-electron chi connectivity index (χ1n) is 10.8. The van der Waals surface area contributed by atoms with Crippen LogP contribution in [0.15, 0.2) is 103 Å². The van der Waals surface area contributed by atoms with Crippen LogP contribution < -0.4 is 0 Å². The van der Waals surface area contributed by atoms with Gasteiger partial charge in [-0.15, -0.1) is 0 Å². The summed E-state index contributed by atoms with van der Waals surface area (Å²) in [4.78, 5) is 0. The van der Waals surface area contributed by atoms with Gasteiger partial charge in [0, 0.05) is 6.42 Å². The Bertz CT molecular complexity index is 1140. The smallest absolute Gasteiger partial charge is 0.0164 e. The number of hydrogen-bond donors (Lipinski definition) is 0. The highest BCUT2D eigenvalue weighted by Crippen LogP contribution is 2.39. The third-order valence-corrected chi connectivity index (χ3v) is 5.81. The second-order valence-corrected chi connectivity index (χ2v) is 7.95. The minimum atomic E-state index is 1.13. The molecule has 0 unspecified atom stereocenters. The van der Waals surface area contributed by atoms with Crippen molar-refractivity contribution in [3.63, 3.8) is 0 Å². The number of benzene rings is 4. The largest absolute Gasteiger partial charge is 0.0651 e. The molecule has 0 saturated heterocycles. The Morgan fingerprint density at radius 1 is 0.567 bits per heavy atom. The second kappa shape index (κ2) is 8.16. The van der Waals surface area contributed by atoms with Crippen molar-refractivity contribution >= 4 is 6.08 Å². The lowest BCUT2D eigenvalue weighted by Crippen LogP contribution is -1.89. The summed E-state index contributed by atoms with van der Waals surface area (Å²) < 4.78 is 0. The highest BCUT2D eigenvalue weighted by atomic mass is 14.2. The van der Waals surface area contributed by atoms with Crippen LogP contribution in [-0.2, 0) is 0 Å². The molecule has 0 aromatic heterocycles. The van der Waals surface area contributed by atoms with Gasteiger partial charge in [0.15, 0.2) is 0 Å². The first-order valence-corrected chi connectivity index (χ1v) is 10.8. The predicted octanol–water partition coefficient (Wildman–Crippen LogP) is 8.44. The van der Waals surface area contributed by atoms with Crippen molar-refractivity contribution in [2.24, 2.45) is 0 Å². The van der Waals surface area contributed by atoms with Gasteiger partial charge in [0.1, 0.15) is 0 Å². The van der Waals surface area contributed by atoms with Crippen LogP contribution in [0.3, 0.4) is 0 Å². The Balaban J connectivity index is 1.69. The molecule has 0 spiro atoms. The van der Waals surface area contributed by atoms with Crippen LogP contribution in [-0.4, -0.2) is 0 Å². The van der Waals surface area contributed by atoms with E-state index < -0.39 is 0 Å². The Kier molecular flexibility index (Phi) is 5.07. The Labute approximate surface area is 179 Å². The first kappa shape index (κ1) is 18.6. The van der Waals surface area contributed by atoms with Crippen molar-refractivity contribution < 1.29 is 0 Å². The van der Waals surface area contributed by atoms with Crippen LogP contribution in [0, 0.1) is 6.42 Å². The lowest BCUT2D eigenvalue weighted by molar-refractivity contribution is 0.924. The van der Waals surface area contributed by atoms with Crippen LogP contribution in [0.2, 0.25) is 0 Å². The summed E-state index contributed by atoms with van der Waals surface area (Å²) in [5, 5.41) is 0. The number of rotatable bonds is 5. The molecule has 0 nitrogen and oxygen atoms in total. The zero-order valence-electron chi connectivity index (χ0n) is 17.3. The van der Waals surface area contributed by atoms with E-state index in [1.54, 1.807) is 0 Å². The summed E-state index contributed by atoms with van der Waals surface area (Å²) >= 11 is 0. The molecule has 1 aliphatic carbocycles. The summed E-state index contributed by atoms with van der Waals surface area (Å²) in [6.45, 7) is 2.24. The Hall–Kier alpha value is -3.38. The average Bonchev–Trinajstić information content (AvgIpc) is 3.23. The maximum atomic E-state index is 2.38. The maximum Gasteiger partial charge on any atom is 0.0164 e. The van der Waals surface area contributed by atoms with E-state index in [-0.39, 0.29) is 0 Å². The lowest BCUT2D eigenvalue weighted by Gasteiger charge is -2.13. The Morgan fingerprint density at radius 3 is 1.77 bits per heavy atom. The molecule has 0 N–H and O–H groups in total. The molecule has 1 radical (unpaired) electrons. The molecule has 0 bridgehead atoms. The molecule has 0 saturated carbocycles. The average molecular weight is 386 g/mol. The highest BCUT2D eigenvalue weighted by Gasteiger charge is 2.17. The van der Waals surface area contributed by atoms with E-state index in [1.807, 2.05) is 0 Å². The summed E-state index contributed by atoms with van der Waals surface area (Å²) in [6, 6.07) is 35.0. The van der Waals surface area contributed by atoms with Crippen molar-refractivity contribution in [2.45, 2.75) is 19.8 Å². The molecule has 0 heteroatoms. The number of hydrogen-bond acceptors (Lipinski definition) is 0. The van der Waals surface area contributed by atoms with Crippen LogP contribution >= 0.6 is 0 Å². The molecule has 145 valence electrons. The minimum Gasteiger partial charge on any atom is -0.0651 e. The zero-order chi connectivity index (χ0) is 20.3. The molecule has 0 fully saturated rings. The summed E-state index contributed by atoms with van der Waals surface area (Å²) in [5.41, 5.74) is 11.7. The fraction of sp³-hybridized carbons (Fsp3) is 0.100. The van der Waals surface area contributed by atoms with E-state index >= 15 is 0 Å². The standard InChI is InChI=1S/C30H25/c1-2-10-22-17-25-15-9-16-29(30(25)18-22)28-20-26(23-11-5-3-6-12-23)19-27(21-28)24-13-7-4-8-14-24/h3-9,11-21H,2,10H2,1H3. The summed E-state index contributed by atoms with van der Waals surface area (Å²) in [7, 11) is 0. The molecule has 30 heavy (non-hydrogen) atoms. The topological polar surface area (TPSA) is 0 Å². The second-order valence-electron chi connectivity index (χ2n) is 7.95. The van der Waals surface area contributed by atoms with Gasteiger partial charge >= 0.3 is 0 Å². The normalized spacial score (nSPS) is 12.5. The monoisotopic (exact) mass is 385 g/mol. The summed E-state index contributed by atoms with van der Waals surface area (Å²) in [5.74, 6) is 0. The Morgan fingerprint density at radius 2 is 1.17 bits per heavy atom. The van der Waals surface area contributed by atoms with Gasteiger partial charge in [-0.1, -0.05) is 104 Å². The van der Waals surface area contributed by atoms with Gasteiger partial charge in [-0.25, -0.2) is 0 Å². The van der Waals surface area contributed by atoms with E-state index in [0.29, 0.717) is 0 Å². The van der Waals surface area contributed by atoms with Gasteiger partial charge in [-0.05, 0) is 69.1 Å². The van der Waals surface area contributed by atoms with Crippen molar-refractivity contribution in [3.05, 3.63) is 120 Å². The van der Waals surface area contributed by atoms with Crippen LogP contribution in [0.5, 0.6) is 0 Å². The van der Waals surface area contributed by atoms with Gasteiger partial charge in [0.25, 0.3) is 0 Å². The third-order valence-electron chi connectivity index (χ3n) is 5.81. The lowest BCUT2D eigenvalue weighted by atomic mass is 9.91. The molecule has 0 heterocycles. The van der Waals surface area contributed by atoms with Gasteiger partial charge in [0.2, 0.25) is 0 Å².